The van der Waals surface area contributed by atoms with Crippen molar-refractivity contribution in [1.29, 1.82) is 0 Å². The van der Waals surface area contributed by atoms with E-state index in [1.165, 1.54) is 0 Å². The van der Waals surface area contributed by atoms with Gasteiger partial charge in [0.2, 0.25) is 0 Å². The molecule has 0 aliphatic rings. The maximum atomic E-state index is 11.3. The van der Waals surface area contributed by atoms with Gasteiger partial charge in [-0.1, -0.05) is 0 Å². The fraction of sp³-hybridized carbons (Fsp3) is 0.846. The largest absolute Gasteiger partial charge is 0.466 e. The number of carbonyl (C=O) groups is 2. The maximum absolute atomic E-state index is 11.3. The Morgan fingerprint density at radius 2 is 1.53 bits per heavy atom. The monoisotopic (exact) mass is 274 g/mol. The molecule has 2 atom stereocenters. The number of nitrogens with two attached hydrogens (primary N) is 1. The Bertz CT molecular complexity index is 269. The van der Waals surface area contributed by atoms with Crippen LogP contribution in [-0.4, -0.2) is 44.3 Å². The van der Waals surface area contributed by atoms with Crippen molar-refractivity contribution in [2.45, 2.75) is 51.6 Å². The molecule has 0 saturated carbocycles. The Labute approximate surface area is 115 Å². The lowest BCUT2D eigenvalue weighted by Crippen LogP contribution is -2.25. The van der Waals surface area contributed by atoms with E-state index in [0.717, 1.165) is 0 Å². The van der Waals surface area contributed by atoms with Gasteiger partial charge in [-0.25, -0.2) is 0 Å². The van der Waals surface area contributed by atoms with Crippen molar-refractivity contribution in [3.63, 3.8) is 0 Å². The average molecular weight is 274 g/mol. The van der Waals surface area contributed by atoms with Crippen molar-refractivity contribution >= 4 is 11.9 Å². The topological polar surface area (TPSA) is 90.6 Å². The van der Waals surface area contributed by atoms with Crippen LogP contribution >= 0.6 is 0 Å². The van der Waals surface area contributed by atoms with Gasteiger partial charge < -0.3 is 20.5 Å². The lowest BCUT2D eigenvalue weighted by Gasteiger charge is -2.10. The van der Waals surface area contributed by atoms with Gasteiger partial charge in [0.05, 0.1) is 26.1 Å². The van der Waals surface area contributed by atoms with E-state index in [9.17, 15) is 9.59 Å². The molecule has 0 amide bonds. The summed E-state index contributed by atoms with van der Waals surface area (Å²) in [6.45, 7) is 4.38. The lowest BCUT2D eigenvalue weighted by molar-refractivity contribution is -0.146. The van der Waals surface area contributed by atoms with Gasteiger partial charge in [-0.3, -0.25) is 9.59 Å². The Kier molecular flexibility index (Phi) is 10.1. The van der Waals surface area contributed by atoms with E-state index in [4.69, 9.17) is 15.2 Å². The van der Waals surface area contributed by atoms with Crippen LogP contribution in [0.25, 0.3) is 0 Å². The zero-order chi connectivity index (χ0) is 14.7. The van der Waals surface area contributed by atoms with Crippen LogP contribution in [0.5, 0.6) is 0 Å². The van der Waals surface area contributed by atoms with Crippen LogP contribution in [0, 0.1) is 0 Å². The molecule has 0 heterocycles. The summed E-state index contributed by atoms with van der Waals surface area (Å²) in [5.41, 5.74) is 5.47. The number of esters is 2. The summed E-state index contributed by atoms with van der Waals surface area (Å²) >= 11 is 0. The van der Waals surface area contributed by atoms with Gasteiger partial charge in [0.15, 0.2) is 0 Å². The van der Waals surface area contributed by atoms with Crippen molar-refractivity contribution in [2.75, 3.05) is 20.3 Å². The van der Waals surface area contributed by atoms with E-state index in [0.29, 0.717) is 32.5 Å². The third-order valence-corrected chi connectivity index (χ3v) is 2.52. The number of hydrogen-bond donors (Lipinski definition) is 2. The molecule has 2 unspecified atom stereocenters. The summed E-state index contributed by atoms with van der Waals surface area (Å²) in [4.78, 5) is 22.5. The molecule has 0 aromatic carbocycles. The second-order valence-electron chi connectivity index (χ2n) is 4.72. The lowest BCUT2D eigenvalue weighted by atomic mass is 10.2. The quantitative estimate of drug-likeness (QED) is 0.447. The summed E-state index contributed by atoms with van der Waals surface area (Å²) in [5.74, 6) is -0.495. The molecular formula is C13H26N2O4. The minimum atomic E-state index is -0.283. The van der Waals surface area contributed by atoms with Crippen LogP contribution in [0.3, 0.4) is 0 Å². The molecule has 0 aliphatic carbocycles. The van der Waals surface area contributed by atoms with E-state index in [1.807, 2.05) is 6.92 Å². The van der Waals surface area contributed by atoms with Gasteiger partial charge in [0.1, 0.15) is 0 Å². The van der Waals surface area contributed by atoms with E-state index >= 15 is 0 Å². The Hall–Kier alpha value is -1.14. The molecular weight excluding hydrogens is 248 g/mol. The molecule has 0 spiro atoms. The summed E-state index contributed by atoms with van der Waals surface area (Å²) < 4.78 is 10.0. The summed E-state index contributed by atoms with van der Waals surface area (Å²) in [7, 11) is 1.80. The molecule has 6 heteroatoms. The van der Waals surface area contributed by atoms with Gasteiger partial charge in [-0.2, -0.15) is 0 Å². The number of hydrogen-bond acceptors (Lipinski definition) is 6. The van der Waals surface area contributed by atoms with E-state index < -0.39 is 0 Å². The van der Waals surface area contributed by atoms with Crippen LogP contribution in [0.4, 0.5) is 0 Å². The van der Waals surface area contributed by atoms with E-state index in [1.54, 1.807) is 14.0 Å². The second kappa shape index (κ2) is 10.8. The first-order chi connectivity index (χ1) is 8.95. The van der Waals surface area contributed by atoms with Crippen LogP contribution < -0.4 is 11.1 Å². The average Bonchev–Trinajstić information content (AvgIpc) is 2.32. The highest BCUT2D eigenvalue weighted by Crippen LogP contribution is 1.98. The highest BCUT2D eigenvalue weighted by atomic mass is 16.5. The second-order valence-corrected chi connectivity index (χ2v) is 4.72. The zero-order valence-corrected chi connectivity index (χ0v) is 12.1. The highest BCUT2D eigenvalue weighted by Gasteiger charge is 2.08. The van der Waals surface area contributed by atoms with Crippen molar-refractivity contribution in [2.24, 2.45) is 5.73 Å². The van der Waals surface area contributed by atoms with Crippen LogP contribution in [0.2, 0.25) is 0 Å². The minimum absolute atomic E-state index is 0.117. The molecule has 19 heavy (non-hydrogen) atoms. The standard InChI is InChI=1S/C13H26N2O4/c1-10(14)8-12(16)18-6-4-5-7-19-13(17)9-11(2)15-3/h10-11,15H,4-9,14H2,1-3H3. The molecule has 112 valence electrons. The molecule has 0 bridgehead atoms. The Morgan fingerprint density at radius 3 is 1.95 bits per heavy atom. The predicted octanol–water partition coefficient (Wildman–Crippen LogP) is 0.588. The van der Waals surface area contributed by atoms with Crippen molar-refractivity contribution in [3.05, 3.63) is 0 Å². The van der Waals surface area contributed by atoms with Crippen molar-refractivity contribution in [1.82, 2.24) is 5.32 Å². The van der Waals surface area contributed by atoms with Crippen LogP contribution in [0.1, 0.15) is 39.5 Å². The zero-order valence-electron chi connectivity index (χ0n) is 12.1. The number of carbonyl (C=O) groups excluding carboxylic acids is 2. The molecule has 0 radical (unpaired) electrons. The molecule has 0 saturated heterocycles. The number of nitrogens with one attached hydrogen (secondary N) is 1. The number of unbranched alkanes of at least 4 members (excludes halogenated alkanes) is 1. The highest BCUT2D eigenvalue weighted by molar-refractivity contribution is 5.70. The normalized spacial score (nSPS) is 13.7. The smallest absolute Gasteiger partial charge is 0.307 e. The number of rotatable bonds is 10. The first-order valence-electron chi connectivity index (χ1n) is 6.69. The minimum Gasteiger partial charge on any atom is -0.466 e. The van der Waals surface area contributed by atoms with Gasteiger partial charge in [-0.05, 0) is 33.7 Å². The van der Waals surface area contributed by atoms with Gasteiger partial charge in [-0.15, -0.1) is 0 Å². The molecule has 6 nitrogen and oxygen atoms in total. The molecule has 3 N–H and O–H groups in total. The first kappa shape index (κ1) is 17.9. The predicted molar refractivity (Wildman–Crippen MR) is 72.6 cm³/mol. The molecule has 0 fully saturated rings. The van der Waals surface area contributed by atoms with Crippen molar-refractivity contribution in [3.8, 4) is 0 Å². The maximum Gasteiger partial charge on any atom is 0.307 e. The SMILES string of the molecule is CNC(C)CC(=O)OCCCCOC(=O)CC(C)N. The van der Waals surface area contributed by atoms with Crippen LogP contribution in [-0.2, 0) is 19.1 Å². The van der Waals surface area contributed by atoms with Crippen molar-refractivity contribution < 1.29 is 19.1 Å². The molecule has 0 aromatic rings. The van der Waals surface area contributed by atoms with Gasteiger partial charge >= 0.3 is 11.9 Å². The first-order valence-corrected chi connectivity index (χ1v) is 6.69. The molecule has 0 rings (SSSR count). The van der Waals surface area contributed by atoms with Gasteiger partial charge in [0.25, 0.3) is 0 Å². The van der Waals surface area contributed by atoms with E-state index in [-0.39, 0.29) is 30.4 Å². The third-order valence-electron chi connectivity index (χ3n) is 2.52. The summed E-state index contributed by atoms with van der Waals surface area (Å²) in [6, 6.07) is -0.0608. The Morgan fingerprint density at radius 1 is 1.05 bits per heavy atom. The van der Waals surface area contributed by atoms with E-state index in [2.05, 4.69) is 5.32 Å². The molecule has 0 aliphatic heterocycles. The third kappa shape index (κ3) is 11.7. The summed E-state index contributed by atoms with van der Waals surface area (Å²) in [5, 5.41) is 2.97. The molecule has 0 aromatic heterocycles. The fourth-order valence-corrected chi connectivity index (χ4v) is 1.31. The summed E-state index contributed by atoms with van der Waals surface area (Å²) in [6.07, 6.45) is 1.96. The number of ether oxygens (including phenoxy) is 2. The Balaban J connectivity index is 3.40. The fourth-order valence-electron chi connectivity index (χ4n) is 1.31. The van der Waals surface area contributed by atoms with Crippen LogP contribution in [0.15, 0.2) is 0 Å². The van der Waals surface area contributed by atoms with Gasteiger partial charge in [0, 0.05) is 12.1 Å².